The first kappa shape index (κ1) is 16.5. The summed E-state index contributed by atoms with van der Waals surface area (Å²) in [6.07, 6.45) is 0.0141. The number of thioether (sulfide) groups is 1. The molecule has 1 N–H and O–H groups in total. The molecule has 22 heavy (non-hydrogen) atoms. The van der Waals surface area contributed by atoms with Gasteiger partial charge in [0.25, 0.3) is 0 Å². The smallest absolute Gasteiger partial charge is 0.310 e. The Hall–Kier alpha value is -1.82. The molecule has 1 aromatic carbocycles. The van der Waals surface area contributed by atoms with E-state index in [0.29, 0.717) is 11.3 Å². The summed E-state index contributed by atoms with van der Waals surface area (Å²) in [6, 6.07) is 6.53. The number of esters is 1. The molecular weight excluding hydrogens is 302 g/mol. The molecule has 0 spiro atoms. The first-order chi connectivity index (χ1) is 10.5. The molecule has 0 radical (unpaired) electrons. The number of hydrogen-bond acceptors (Lipinski definition) is 5. The van der Waals surface area contributed by atoms with Gasteiger partial charge < -0.3 is 10.1 Å². The summed E-state index contributed by atoms with van der Waals surface area (Å²) in [4.78, 5) is 35.1. The molecule has 5 nitrogen and oxygen atoms in total. The molecule has 0 bridgehead atoms. The van der Waals surface area contributed by atoms with E-state index < -0.39 is 6.10 Å². The monoisotopic (exact) mass is 321 g/mol. The molecule has 1 heterocycles. The molecule has 118 valence electrons. The lowest BCUT2D eigenvalue weighted by Crippen LogP contribution is -2.28. The highest BCUT2D eigenvalue weighted by atomic mass is 32.2. The zero-order chi connectivity index (χ0) is 16.1. The van der Waals surface area contributed by atoms with Gasteiger partial charge in [0.2, 0.25) is 11.7 Å². The number of nitrogens with one attached hydrogen (secondary N) is 1. The third-order valence-corrected chi connectivity index (χ3v) is 4.58. The number of benzene rings is 1. The normalized spacial score (nSPS) is 18.5. The summed E-state index contributed by atoms with van der Waals surface area (Å²) in [5, 5.41) is 2.63. The van der Waals surface area contributed by atoms with Gasteiger partial charge in [-0.2, -0.15) is 11.8 Å². The average Bonchev–Trinajstić information content (AvgIpc) is 3.01. The van der Waals surface area contributed by atoms with Crippen LogP contribution in [0.15, 0.2) is 24.3 Å². The lowest BCUT2D eigenvalue weighted by Gasteiger charge is -2.15. The van der Waals surface area contributed by atoms with Crippen LogP contribution in [-0.2, 0) is 14.3 Å². The number of carbonyl (C=O) groups is 3. The van der Waals surface area contributed by atoms with Gasteiger partial charge in [-0.3, -0.25) is 14.4 Å². The maximum atomic E-state index is 12.3. The highest BCUT2D eigenvalue weighted by Crippen LogP contribution is 2.25. The molecule has 1 amide bonds. The van der Waals surface area contributed by atoms with Gasteiger partial charge in [0.1, 0.15) is 0 Å². The Kier molecular flexibility index (Phi) is 5.60. The van der Waals surface area contributed by atoms with Gasteiger partial charge in [-0.25, -0.2) is 0 Å². The van der Waals surface area contributed by atoms with Crippen molar-refractivity contribution in [3.8, 4) is 0 Å². The number of amides is 1. The maximum absolute atomic E-state index is 12.3. The predicted molar refractivity (Wildman–Crippen MR) is 86.1 cm³/mol. The Labute approximate surface area is 133 Å². The topological polar surface area (TPSA) is 72.5 Å². The SMILES string of the molecule is CC(=O)Nc1ccc(C(=O)C(C)OC(=O)C2CCSC2)cc1. The first-order valence-electron chi connectivity index (χ1n) is 7.17. The van der Waals surface area contributed by atoms with Crippen LogP contribution in [0, 0.1) is 5.92 Å². The van der Waals surface area contributed by atoms with E-state index in [1.54, 1.807) is 43.0 Å². The molecule has 1 saturated heterocycles. The van der Waals surface area contributed by atoms with Crippen LogP contribution >= 0.6 is 11.8 Å². The number of Topliss-reactive ketones (excluding diaryl/α,β-unsaturated/α-hetero) is 1. The minimum atomic E-state index is -0.801. The van der Waals surface area contributed by atoms with E-state index in [0.717, 1.165) is 17.9 Å². The van der Waals surface area contributed by atoms with Crippen molar-refractivity contribution in [2.75, 3.05) is 16.8 Å². The quantitative estimate of drug-likeness (QED) is 0.666. The molecule has 2 rings (SSSR count). The molecule has 0 aromatic heterocycles. The van der Waals surface area contributed by atoms with Crippen molar-refractivity contribution in [3.63, 3.8) is 0 Å². The van der Waals surface area contributed by atoms with Crippen molar-refractivity contribution in [1.82, 2.24) is 0 Å². The van der Waals surface area contributed by atoms with E-state index >= 15 is 0 Å². The van der Waals surface area contributed by atoms with Crippen LogP contribution in [0.3, 0.4) is 0 Å². The van der Waals surface area contributed by atoms with Crippen LogP contribution in [0.2, 0.25) is 0 Å². The van der Waals surface area contributed by atoms with Crippen molar-refractivity contribution in [1.29, 1.82) is 0 Å². The number of anilines is 1. The third-order valence-electron chi connectivity index (χ3n) is 3.41. The second kappa shape index (κ2) is 7.45. The Morgan fingerprint density at radius 2 is 1.95 bits per heavy atom. The van der Waals surface area contributed by atoms with Crippen molar-refractivity contribution in [3.05, 3.63) is 29.8 Å². The van der Waals surface area contributed by atoms with Crippen LogP contribution < -0.4 is 5.32 Å². The number of hydrogen-bond donors (Lipinski definition) is 1. The molecule has 2 unspecified atom stereocenters. The van der Waals surface area contributed by atoms with Crippen molar-refractivity contribution in [2.45, 2.75) is 26.4 Å². The Morgan fingerprint density at radius 3 is 2.50 bits per heavy atom. The largest absolute Gasteiger partial charge is 0.454 e. The van der Waals surface area contributed by atoms with E-state index in [1.165, 1.54) is 6.92 Å². The minimum Gasteiger partial charge on any atom is -0.454 e. The number of ether oxygens (including phenoxy) is 1. The van der Waals surface area contributed by atoms with Crippen LogP contribution in [0.4, 0.5) is 5.69 Å². The van der Waals surface area contributed by atoms with E-state index in [1.807, 2.05) is 0 Å². The molecule has 1 aliphatic heterocycles. The van der Waals surface area contributed by atoms with Crippen LogP contribution in [0.5, 0.6) is 0 Å². The molecule has 1 fully saturated rings. The summed E-state index contributed by atoms with van der Waals surface area (Å²) in [5.41, 5.74) is 1.08. The van der Waals surface area contributed by atoms with Gasteiger partial charge in [0.15, 0.2) is 6.10 Å². The highest BCUT2D eigenvalue weighted by molar-refractivity contribution is 7.99. The van der Waals surface area contributed by atoms with Gasteiger partial charge in [-0.1, -0.05) is 0 Å². The zero-order valence-corrected chi connectivity index (χ0v) is 13.4. The molecule has 1 aromatic rings. The number of rotatable bonds is 5. The van der Waals surface area contributed by atoms with E-state index in [-0.39, 0.29) is 23.6 Å². The summed E-state index contributed by atoms with van der Waals surface area (Å²) >= 11 is 1.73. The summed E-state index contributed by atoms with van der Waals surface area (Å²) in [7, 11) is 0. The Morgan fingerprint density at radius 1 is 1.27 bits per heavy atom. The fraction of sp³-hybridized carbons (Fsp3) is 0.438. The van der Waals surface area contributed by atoms with E-state index in [2.05, 4.69) is 5.32 Å². The van der Waals surface area contributed by atoms with Gasteiger partial charge in [-0.15, -0.1) is 0 Å². The van der Waals surface area contributed by atoms with Gasteiger partial charge >= 0.3 is 5.97 Å². The predicted octanol–water partition coefficient (Wildman–Crippen LogP) is 2.51. The average molecular weight is 321 g/mol. The zero-order valence-electron chi connectivity index (χ0n) is 12.6. The summed E-state index contributed by atoms with van der Waals surface area (Å²) in [5.74, 6) is 0.935. The van der Waals surface area contributed by atoms with E-state index in [4.69, 9.17) is 4.74 Å². The lowest BCUT2D eigenvalue weighted by molar-refractivity contribution is -0.150. The standard InChI is InChI=1S/C16H19NO4S/c1-10(21-16(20)13-7-8-22-9-13)15(19)12-3-5-14(6-4-12)17-11(2)18/h3-6,10,13H,7-9H2,1-2H3,(H,17,18). The molecule has 0 aliphatic carbocycles. The second-order valence-electron chi connectivity index (χ2n) is 5.26. The summed E-state index contributed by atoms with van der Waals surface area (Å²) in [6.45, 7) is 3.01. The molecule has 0 saturated carbocycles. The maximum Gasteiger partial charge on any atom is 0.310 e. The van der Waals surface area contributed by atoms with Crippen LogP contribution in [0.1, 0.15) is 30.6 Å². The second-order valence-corrected chi connectivity index (χ2v) is 6.41. The van der Waals surface area contributed by atoms with Gasteiger partial charge in [0, 0.05) is 23.9 Å². The fourth-order valence-electron chi connectivity index (χ4n) is 2.20. The van der Waals surface area contributed by atoms with Gasteiger partial charge in [0.05, 0.1) is 5.92 Å². The lowest BCUT2D eigenvalue weighted by atomic mass is 10.1. The summed E-state index contributed by atoms with van der Waals surface area (Å²) < 4.78 is 5.27. The molecule has 6 heteroatoms. The van der Waals surface area contributed by atoms with Gasteiger partial charge in [-0.05, 0) is 43.4 Å². The van der Waals surface area contributed by atoms with Crippen LogP contribution in [0.25, 0.3) is 0 Å². The Bertz CT molecular complexity index is 564. The molecule has 1 aliphatic rings. The number of ketones is 1. The van der Waals surface area contributed by atoms with Crippen LogP contribution in [-0.4, -0.2) is 35.3 Å². The highest BCUT2D eigenvalue weighted by Gasteiger charge is 2.28. The number of carbonyl (C=O) groups excluding carboxylic acids is 3. The Balaban J connectivity index is 1.94. The minimum absolute atomic E-state index is 0.0950. The van der Waals surface area contributed by atoms with Crippen molar-refractivity contribution < 1.29 is 19.1 Å². The van der Waals surface area contributed by atoms with Crippen molar-refractivity contribution >= 4 is 35.1 Å². The van der Waals surface area contributed by atoms with E-state index in [9.17, 15) is 14.4 Å². The molecule has 2 atom stereocenters. The van der Waals surface area contributed by atoms with Crippen molar-refractivity contribution in [2.24, 2.45) is 5.92 Å². The molecular formula is C16H19NO4S. The first-order valence-corrected chi connectivity index (χ1v) is 8.33. The third kappa shape index (κ3) is 4.34. The fourth-order valence-corrected chi connectivity index (χ4v) is 3.41.